The van der Waals surface area contributed by atoms with E-state index in [-0.39, 0.29) is 0 Å². The molecule has 216 valence electrons. The van der Waals surface area contributed by atoms with E-state index in [2.05, 4.69) is 168 Å². The Hall–Kier alpha value is -5.78. The van der Waals surface area contributed by atoms with Crippen molar-refractivity contribution in [2.24, 2.45) is 0 Å². The van der Waals surface area contributed by atoms with Gasteiger partial charge >= 0.3 is 0 Å². The first-order chi connectivity index (χ1) is 22.1. The number of allylic oxidation sites excluding steroid dienone is 3. The van der Waals surface area contributed by atoms with Crippen LogP contribution in [0.2, 0.25) is 0 Å². The Balaban J connectivity index is 1.45. The monoisotopic (exact) mass is 578 g/mol. The number of hydrogen-bond acceptors (Lipinski definition) is 2. The van der Waals surface area contributed by atoms with Gasteiger partial charge in [0.2, 0.25) is 0 Å². The molecule has 0 aromatic heterocycles. The molecule has 0 radical (unpaired) electrons. The highest BCUT2D eigenvalue weighted by molar-refractivity contribution is 6.27. The van der Waals surface area contributed by atoms with Crippen LogP contribution >= 0.6 is 0 Å². The van der Waals surface area contributed by atoms with Gasteiger partial charge in [0.1, 0.15) is 0 Å². The SMILES string of the molecule is C#C/C(C)=C\C=C/CN(c1ccccc1)c1ccc2ccc3c(N(c4ccccc4)c4cccc(C)c4)ccc4ccc1c2c43. The van der Waals surface area contributed by atoms with Crippen LogP contribution in [0.3, 0.4) is 0 Å². The molecule has 7 aromatic carbocycles. The number of terminal acetylenes is 1. The molecule has 7 aromatic rings. The Morgan fingerprint density at radius 2 is 1.22 bits per heavy atom. The van der Waals surface area contributed by atoms with Crippen molar-refractivity contribution in [3.05, 3.63) is 163 Å². The maximum Gasteiger partial charge on any atom is 0.0540 e. The Labute approximate surface area is 265 Å². The molecule has 7 rings (SSSR count). The molecule has 2 heteroatoms. The van der Waals surface area contributed by atoms with E-state index in [0.717, 1.165) is 28.3 Å². The van der Waals surface area contributed by atoms with Crippen LogP contribution in [0.4, 0.5) is 28.4 Å². The summed E-state index contributed by atoms with van der Waals surface area (Å²) in [5.41, 5.74) is 7.90. The summed E-state index contributed by atoms with van der Waals surface area (Å²) in [6, 6.07) is 48.2. The molecule has 2 nitrogen and oxygen atoms in total. The molecule has 0 unspecified atom stereocenters. The standard InChI is InChI=1S/C43H34N2/c1-4-31(2)14-11-12-29-44(35-16-7-5-8-17-35)40-27-23-33-22-26-39-41(28-24-34-21-25-38(40)42(33)43(34)39)45(36-18-9-6-10-19-36)37-20-13-15-32(3)30-37/h1,5-28,30H,29H2,2-3H3/b12-11-,31-14-. The van der Waals surface area contributed by atoms with Gasteiger partial charge in [0.05, 0.1) is 5.69 Å². The average molecular weight is 579 g/mol. The second kappa shape index (κ2) is 12.1. The molecule has 0 aliphatic rings. The smallest absolute Gasteiger partial charge is 0.0540 e. The van der Waals surface area contributed by atoms with Crippen molar-refractivity contribution in [3.63, 3.8) is 0 Å². The summed E-state index contributed by atoms with van der Waals surface area (Å²) in [6.45, 7) is 4.81. The lowest BCUT2D eigenvalue weighted by atomic mass is 9.92. The molecule has 0 heterocycles. The maximum atomic E-state index is 5.57. The average Bonchev–Trinajstić information content (AvgIpc) is 3.09. The molecule has 0 fully saturated rings. The minimum atomic E-state index is 0.711. The highest BCUT2D eigenvalue weighted by atomic mass is 15.1. The highest BCUT2D eigenvalue weighted by Gasteiger charge is 2.20. The zero-order valence-electron chi connectivity index (χ0n) is 25.6. The second-order valence-electron chi connectivity index (χ2n) is 11.5. The number of aryl methyl sites for hydroxylation is 1. The van der Waals surface area contributed by atoms with E-state index >= 15 is 0 Å². The molecule has 0 bridgehead atoms. The van der Waals surface area contributed by atoms with E-state index in [1.807, 2.05) is 13.0 Å². The lowest BCUT2D eigenvalue weighted by Gasteiger charge is -2.29. The molecule has 0 amide bonds. The minimum Gasteiger partial charge on any atom is -0.337 e. The van der Waals surface area contributed by atoms with Gasteiger partial charge < -0.3 is 9.80 Å². The molecule has 0 saturated carbocycles. The fourth-order valence-electron chi connectivity index (χ4n) is 6.35. The van der Waals surface area contributed by atoms with E-state index in [9.17, 15) is 0 Å². The molecule has 0 aliphatic heterocycles. The van der Waals surface area contributed by atoms with Crippen LogP contribution < -0.4 is 9.80 Å². The molecular formula is C43H34N2. The van der Waals surface area contributed by atoms with Crippen LogP contribution in [-0.2, 0) is 0 Å². The van der Waals surface area contributed by atoms with Gasteiger partial charge in [0.15, 0.2) is 0 Å². The molecule has 45 heavy (non-hydrogen) atoms. The van der Waals surface area contributed by atoms with E-state index in [4.69, 9.17) is 6.42 Å². The first-order valence-electron chi connectivity index (χ1n) is 15.4. The minimum absolute atomic E-state index is 0.711. The number of para-hydroxylation sites is 2. The van der Waals surface area contributed by atoms with Crippen molar-refractivity contribution in [1.82, 2.24) is 0 Å². The summed E-state index contributed by atoms with van der Waals surface area (Å²) in [6.07, 6.45) is 11.8. The number of anilines is 5. The Morgan fingerprint density at radius 1 is 0.644 bits per heavy atom. The maximum absolute atomic E-state index is 5.57. The molecule has 0 saturated heterocycles. The third kappa shape index (κ3) is 5.30. The number of benzene rings is 7. The molecule has 0 spiro atoms. The van der Waals surface area contributed by atoms with Crippen molar-refractivity contribution >= 4 is 60.8 Å². The fourth-order valence-corrected chi connectivity index (χ4v) is 6.35. The lowest BCUT2D eigenvalue weighted by Crippen LogP contribution is -2.17. The van der Waals surface area contributed by atoms with Crippen LogP contribution in [0.5, 0.6) is 0 Å². The third-order valence-electron chi connectivity index (χ3n) is 8.49. The second-order valence-corrected chi connectivity index (χ2v) is 11.5. The van der Waals surface area contributed by atoms with Gasteiger partial charge in [-0.15, -0.1) is 6.42 Å². The first kappa shape index (κ1) is 28.0. The Bertz CT molecular complexity index is 2220. The van der Waals surface area contributed by atoms with Crippen LogP contribution in [0.25, 0.3) is 32.3 Å². The molecule has 0 atom stereocenters. The molecule has 0 N–H and O–H groups in total. The Kier molecular flexibility index (Phi) is 7.52. The lowest BCUT2D eigenvalue weighted by molar-refractivity contribution is 1.10. The quantitative estimate of drug-likeness (QED) is 0.101. The van der Waals surface area contributed by atoms with Crippen molar-refractivity contribution in [1.29, 1.82) is 0 Å². The van der Waals surface area contributed by atoms with Gasteiger partial charge in [-0.3, -0.25) is 0 Å². The van der Waals surface area contributed by atoms with Crippen molar-refractivity contribution in [2.45, 2.75) is 13.8 Å². The third-order valence-corrected chi connectivity index (χ3v) is 8.49. The van der Waals surface area contributed by atoms with Crippen LogP contribution in [0.15, 0.2) is 157 Å². The van der Waals surface area contributed by atoms with E-state index in [1.165, 1.54) is 43.6 Å². The Morgan fingerprint density at radius 3 is 1.87 bits per heavy atom. The zero-order chi connectivity index (χ0) is 30.8. The summed E-state index contributed by atoms with van der Waals surface area (Å²) in [7, 11) is 0. The van der Waals surface area contributed by atoms with E-state index in [1.54, 1.807) is 0 Å². The van der Waals surface area contributed by atoms with Crippen molar-refractivity contribution in [2.75, 3.05) is 16.3 Å². The highest BCUT2D eigenvalue weighted by Crippen LogP contribution is 2.46. The van der Waals surface area contributed by atoms with Crippen molar-refractivity contribution < 1.29 is 0 Å². The van der Waals surface area contributed by atoms with Gasteiger partial charge in [-0.1, -0.05) is 109 Å². The fraction of sp³-hybridized carbons (Fsp3) is 0.0698. The molecule has 0 aliphatic carbocycles. The van der Waals surface area contributed by atoms with Crippen molar-refractivity contribution in [3.8, 4) is 12.3 Å². The first-order valence-corrected chi connectivity index (χ1v) is 15.4. The zero-order valence-corrected chi connectivity index (χ0v) is 25.6. The number of hydrogen-bond donors (Lipinski definition) is 0. The summed E-state index contributed by atoms with van der Waals surface area (Å²) in [4.78, 5) is 4.76. The summed E-state index contributed by atoms with van der Waals surface area (Å²) in [5, 5.41) is 7.51. The van der Waals surface area contributed by atoms with E-state index in [0.29, 0.717) is 6.54 Å². The van der Waals surface area contributed by atoms with Gasteiger partial charge in [0, 0.05) is 40.1 Å². The van der Waals surface area contributed by atoms with Gasteiger partial charge in [-0.25, -0.2) is 0 Å². The normalized spacial score (nSPS) is 11.9. The van der Waals surface area contributed by atoms with Gasteiger partial charge in [-0.2, -0.15) is 0 Å². The summed E-state index contributed by atoms with van der Waals surface area (Å²) < 4.78 is 0. The van der Waals surface area contributed by atoms with Gasteiger partial charge in [-0.05, 0) is 95.1 Å². The summed E-state index contributed by atoms with van der Waals surface area (Å²) >= 11 is 0. The van der Waals surface area contributed by atoms with Gasteiger partial charge in [0.25, 0.3) is 0 Å². The summed E-state index contributed by atoms with van der Waals surface area (Å²) in [5.74, 6) is 2.70. The predicted molar refractivity (Wildman–Crippen MR) is 195 cm³/mol. The van der Waals surface area contributed by atoms with Crippen LogP contribution in [0.1, 0.15) is 12.5 Å². The largest absolute Gasteiger partial charge is 0.337 e. The van der Waals surface area contributed by atoms with Crippen LogP contribution in [-0.4, -0.2) is 6.54 Å². The van der Waals surface area contributed by atoms with Crippen LogP contribution in [0, 0.1) is 19.3 Å². The molecular weight excluding hydrogens is 544 g/mol. The van der Waals surface area contributed by atoms with E-state index < -0.39 is 0 Å². The topological polar surface area (TPSA) is 6.48 Å². The number of rotatable bonds is 8. The number of nitrogens with zero attached hydrogens (tertiary/aromatic N) is 2. The predicted octanol–water partition coefficient (Wildman–Crippen LogP) is 11.6.